The lowest BCUT2D eigenvalue weighted by Crippen LogP contribution is -2.31. The van der Waals surface area contributed by atoms with Gasteiger partial charge in [0.25, 0.3) is 0 Å². The van der Waals surface area contributed by atoms with Gasteiger partial charge in [0.1, 0.15) is 12.1 Å². The number of aliphatic hydroxyl groups excluding tert-OH is 1. The van der Waals surface area contributed by atoms with Crippen LogP contribution < -0.4 is 5.32 Å². The second kappa shape index (κ2) is 4.96. The first kappa shape index (κ1) is 11.6. The number of imidazole rings is 1. The van der Waals surface area contributed by atoms with Crippen LogP contribution in [0.1, 0.15) is 24.2 Å². The molecule has 0 aliphatic heterocycles. The monoisotopic (exact) mass is 231 g/mol. The Balaban J connectivity index is 1.95. The molecule has 1 atom stereocenters. The summed E-state index contributed by atoms with van der Waals surface area (Å²) < 4.78 is 1.51. The summed E-state index contributed by atoms with van der Waals surface area (Å²) in [6, 6.07) is 4.31. The number of hydrogen-bond acceptors (Lipinski definition) is 5. The molecule has 0 amide bonds. The molecule has 1 aromatic heterocycles. The summed E-state index contributed by atoms with van der Waals surface area (Å²) >= 11 is 0. The third-order valence-electron chi connectivity index (χ3n) is 2.68. The van der Waals surface area contributed by atoms with Gasteiger partial charge in [-0.1, -0.05) is 0 Å². The Morgan fingerprint density at radius 1 is 1.53 bits per heavy atom. The third kappa shape index (κ3) is 2.82. The first-order chi connectivity index (χ1) is 8.24. The summed E-state index contributed by atoms with van der Waals surface area (Å²) in [6.07, 6.45) is 3.17. The predicted molar refractivity (Wildman–Crippen MR) is 58.7 cm³/mol. The van der Waals surface area contributed by atoms with Crippen LogP contribution in [0.25, 0.3) is 0 Å². The van der Waals surface area contributed by atoms with E-state index in [4.69, 9.17) is 10.5 Å². The van der Waals surface area contributed by atoms with E-state index in [0.29, 0.717) is 12.6 Å². The van der Waals surface area contributed by atoms with Crippen LogP contribution in [0.15, 0.2) is 6.33 Å². The lowest BCUT2D eigenvalue weighted by atomic mass is 10.3. The molecule has 0 radical (unpaired) electrons. The number of rotatable bonds is 5. The van der Waals surface area contributed by atoms with E-state index in [0.717, 1.165) is 0 Å². The third-order valence-corrected chi connectivity index (χ3v) is 2.68. The maximum Gasteiger partial charge on any atom is 0.176 e. The number of aliphatic hydroxyl groups is 1. The lowest BCUT2D eigenvalue weighted by Gasteiger charge is -2.12. The van der Waals surface area contributed by atoms with Crippen LogP contribution in [-0.2, 0) is 6.54 Å². The Labute approximate surface area is 99.1 Å². The molecule has 1 aliphatic carbocycles. The van der Waals surface area contributed by atoms with Crippen LogP contribution >= 0.6 is 0 Å². The van der Waals surface area contributed by atoms with Gasteiger partial charge in [-0.2, -0.15) is 10.5 Å². The largest absolute Gasteiger partial charge is 0.390 e. The van der Waals surface area contributed by atoms with Crippen molar-refractivity contribution in [3.05, 3.63) is 17.7 Å². The van der Waals surface area contributed by atoms with E-state index in [2.05, 4.69) is 10.3 Å². The summed E-state index contributed by atoms with van der Waals surface area (Å²) in [6.45, 7) is 0.771. The Bertz CT molecular complexity index is 477. The van der Waals surface area contributed by atoms with E-state index in [1.165, 1.54) is 23.7 Å². The van der Waals surface area contributed by atoms with E-state index in [9.17, 15) is 5.11 Å². The average Bonchev–Trinajstić information content (AvgIpc) is 3.08. The highest BCUT2D eigenvalue weighted by Gasteiger charge is 2.21. The smallest absolute Gasteiger partial charge is 0.176 e. The Hall–Kier alpha value is -1.89. The summed E-state index contributed by atoms with van der Waals surface area (Å²) in [5.74, 6) is 0. The molecule has 1 unspecified atom stereocenters. The number of aromatic nitrogens is 2. The van der Waals surface area contributed by atoms with Gasteiger partial charge in [0.15, 0.2) is 11.4 Å². The summed E-state index contributed by atoms with van der Waals surface area (Å²) in [7, 11) is 0. The van der Waals surface area contributed by atoms with Crippen LogP contribution in [0, 0.1) is 22.7 Å². The van der Waals surface area contributed by atoms with Crippen molar-refractivity contribution in [2.45, 2.75) is 31.5 Å². The van der Waals surface area contributed by atoms with E-state index in [1.807, 2.05) is 12.1 Å². The quantitative estimate of drug-likeness (QED) is 0.727. The standard InChI is InChI=1S/C11H13N5O/c12-3-10-11(4-13)16(7-15-10)6-9(17)5-14-8-1-2-8/h7-9,14,17H,1-2,5-6H2. The SMILES string of the molecule is N#Cc1ncn(CC(O)CNC2CC2)c1C#N. The van der Waals surface area contributed by atoms with Crippen LogP contribution in [0.2, 0.25) is 0 Å². The van der Waals surface area contributed by atoms with E-state index < -0.39 is 6.10 Å². The molecule has 2 N–H and O–H groups in total. The van der Waals surface area contributed by atoms with Crippen LogP contribution in [0.3, 0.4) is 0 Å². The van der Waals surface area contributed by atoms with Crippen molar-refractivity contribution in [3.63, 3.8) is 0 Å². The Kier molecular flexibility index (Phi) is 3.38. The summed E-state index contributed by atoms with van der Waals surface area (Å²) in [5, 5.41) is 30.6. The molecular weight excluding hydrogens is 218 g/mol. The van der Waals surface area contributed by atoms with Crippen LogP contribution in [0.5, 0.6) is 0 Å². The fourth-order valence-electron chi connectivity index (χ4n) is 1.60. The molecular formula is C11H13N5O. The summed E-state index contributed by atoms with van der Waals surface area (Å²) in [5.41, 5.74) is 0.313. The maximum atomic E-state index is 9.78. The average molecular weight is 231 g/mol. The molecule has 0 saturated heterocycles. The second-order valence-corrected chi connectivity index (χ2v) is 4.15. The molecule has 17 heavy (non-hydrogen) atoms. The second-order valence-electron chi connectivity index (χ2n) is 4.15. The predicted octanol–water partition coefficient (Wildman–Crippen LogP) is -0.261. The molecule has 0 bridgehead atoms. The highest BCUT2D eigenvalue weighted by molar-refractivity contribution is 5.36. The van der Waals surface area contributed by atoms with Gasteiger partial charge in [-0.05, 0) is 12.8 Å². The Morgan fingerprint density at radius 2 is 2.29 bits per heavy atom. The van der Waals surface area contributed by atoms with Gasteiger partial charge in [0.2, 0.25) is 0 Å². The molecule has 0 aromatic carbocycles. The zero-order valence-electron chi connectivity index (χ0n) is 9.30. The van der Waals surface area contributed by atoms with Gasteiger partial charge in [0, 0.05) is 12.6 Å². The fourth-order valence-corrected chi connectivity index (χ4v) is 1.60. The van der Waals surface area contributed by atoms with Gasteiger partial charge in [0.05, 0.1) is 19.0 Å². The molecule has 6 heteroatoms. The number of nitrogens with one attached hydrogen (secondary N) is 1. The van der Waals surface area contributed by atoms with Gasteiger partial charge in [-0.3, -0.25) is 0 Å². The van der Waals surface area contributed by atoms with Crippen LogP contribution in [-0.4, -0.2) is 33.3 Å². The van der Waals surface area contributed by atoms with Crippen molar-refractivity contribution in [1.29, 1.82) is 10.5 Å². The molecule has 2 rings (SSSR count). The highest BCUT2D eigenvalue weighted by atomic mass is 16.3. The van der Waals surface area contributed by atoms with Crippen molar-refractivity contribution in [2.75, 3.05) is 6.54 Å². The first-order valence-corrected chi connectivity index (χ1v) is 5.51. The first-order valence-electron chi connectivity index (χ1n) is 5.51. The van der Waals surface area contributed by atoms with E-state index >= 15 is 0 Å². The molecule has 1 heterocycles. The molecule has 88 valence electrons. The van der Waals surface area contributed by atoms with Gasteiger partial charge in [-0.15, -0.1) is 0 Å². The molecule has 1 aromatic rings. The van der Waals surface area contributed by atoms with Gasteiger partial charge < -0.3 is 15.0 Å². The highest BCUT2D eigenvalue weighted by Crippen LogP contribution is 2.18. The minimum atomic E-state index is -0.580. The fraction of sp³-hybridized carbons (Fsp3) is 0.545. The zero-order valence-corrected chi connectivity index (χ0v) is 9.30. The van der Waals surface area contributed by atoms with Crippen molar-refractivity contribution < 1.29 is 5.11 Å². The van der Waals surface area contributed by atoms with Crippen LogP contribution in [0.4, 0.5) is 0 Å². The van der Waals surface area contributed by atoms with Gasteiger partial charge >= 0.3 is 0 Å². The van der Waals surface area contributed by atoms with E-state index in [-0.39, 0.29) is 17.9 Å². The number of hydrogen-bond donors (Lipinski definition) is 2. The minimum Gasteiger partial charge on any atom is -0.390 e. The van der Waals surface area contributed by atoms with Crippen molar-refractivity contribution in [1.82, 2.24) is 14.9 Å². The molecule has 1 fully saturated rings. The topological polar surface area (TPSA) is 97.7 Å². The van der Waals surface area contributed by atoms with Crippen molar-refractivity contribution in [3.8, 4) is 12.1 Å². The molecule has 0 spiro atoms. The maximum absolute atomic E-state index is 9.78. The zero-order chi connectivity index (χ0) is 12.3. The summed E-state index contributed by atoms with van der Waals surface area (Å²) in [4.78, 5) is 3.81. The number of nitrogens with zero attached hydrogens (tertiary/aromatic N) is 4. The molecule has 1 saturated carbocycles. The van der Waals surface area contributed by atoms with E-state index in [1.54, 1.807) is 0 Å². The molecule has 1 aliphatic rings. The normalized spacial score (nSPS) is 16.2. The molecule has 6 nitrogen and oxygen atoms in total. The van der Waals surface area contributed by atoms with Gasteiger partial charge in [-0.25, -0.2) is 4.98 Å². The lowest BCUT2D eigenvalue weighted by molar-refractivity contribution is 0.150. The van der Waals surface area contributed by atoms with Crippen molar-refractivity contribution in [2.24, 2.45) is 0 Å². The minimum absolute atomic E-state index is 0.106. The van der Waals surface area contributed by atoms with Crippen molar-refractivity contribution >= 4 is 0 Å². The number of nitriles is 2. The Morgan fingerprint density at radius 3 is 2.88 bits per heavy atom.